The Kier molecular flexibility index (Phi) is 3.31. The minimum Gasteiger partial charge on any atom is -0.497 e. The standard InChI is InChI=1S/C26H16BrN3O/c1-31-16-10-11-17-18-5-4-6-19-20-13-15(27)9-12-22(20)30(25(18)19)26-28-21-7-2-3-8-23(21)29(26)24(17)14-16/h2-14H,1H3. The first-order valence-corrected chi connectivity index (χ1v) is 10.9. The van der Waals surface area contributed by atoms with E-state index >= 15 is 0 Å². The first kappa shape index (κ1) is 17.1. The number of methoxy groups -OCH3 is 1. The van der Waals surface area contributed by atoms with Crippen molar-refractivity contribution in [1.82, 2.24) is 13.8 Å². The van der Waals surface area contributed by atoms with E-state index in [1.807, 2.05) is 12.1 Å². The molecule has 0 bridgehead atoms. The first-order valence-electron chi connectivity index (χ1n) is 10.1. The van der Waals surface area contributed by atoms with Crippen LogP contribution in [0.3, 0.4) is 0 Å². The zero-order valence-corrected chi connectivity index (χ0v) is 18.2. The van der Waals surface area contributed by atoms with Gasteiger partial charge in [-0.05, 0) is 42.5 Å². The van der Waals surface area contributed by atoms with Gasteiger partial charge in [0.25, 0.3) is 0 Å². The Labute approximate surface area is 185 Å². The average Bonchev–Trinajstić information content (AvgIpc) is 3.30. The van der Waals surface area contributed by atoms with Gasteiger partial charge in [0.05, 0.1) is 34.7 Å². The lowest BCUT2D eigenvalue weighted by Crippen LogP contribution is -1.91. The van der Waals surface area contributed by atoms with Crippen LogP contribution in [0.4, 0.5) is 0 Å². The second-order valence-electron chi connectivity index (χ2n) is 7.82. The highest BCUT2D eigenvalue weighted by Crippen LogP contribution is 2.38. The van der Waals surface area contributed by atoms with Gasteiger partial charge < -0.3 is 4.74 Å². The highest BCUT2D eigenvalue weighted by Gasteiger charge is 2.18. The third-order valence-corrected chi connectivity index (χ3v) is 6.72. The number of imidazole rings is 1. The molecule has 3 aromatic heterocycles. The molecular weight excluding hydrogens is 450 g/mol. The number of rotatable bonds is 1. The minimum absolute atomic E-state index is 0.829. The highest BCUT2D eigenvalue weighted by molar-refractivity contribution is 9.10. The van der Waals surface area contributed by atoms with Crippen molar-refractivity contribution in [2.45, 2.75) is 0 Å². The topological polar surface area (TPSA) is 30.9 Å². The van der Waals surface area contributed by atoms with Crippen molar-refractivity contribution in [3.8, 4) is 5.75 Å². The average molecular weight is 466 g/mol. The van der Waals surface area contributed by atoms with Crippen molar-refractivity contribution in [1.29, 1.82) is 0 Å². The van der Waals surface area contributed by atoms with Crippen LogP contribution in [0.15, 0.2) is 83.3 Å². The predicted molar refractivity (Wildman–Crippen MR) is 130 cm³/mol. The maximum Gasteiger partial charge on any atom is 0.220 e. The predicted octanol–water partition coefficient (Wildman–Crippen LogP) is 6.97. The molecule has 0 fully saturated rings. The Morgan fingerprint density at radius 2 is 1.55 bits per heavy atom. The van der Waals surface area contributed by atoms with Crippen LogP contribution < -0.4 is 4.74 Å². The molecule has 0 aliphatic heterocycles. The number of para-hydroxylation sites is 3. The van der Waals surface area contributed by atoms with Gasteiger partial charge in [0.1, 0.15) is 5.75 Å². The van der Waals surface area contributed by atoms with Crippen LogP contribution in [0, 0.1) is 0 Å². The SMILES string of the molecule is COc1ccc2c3cccc4c5cc(Br)ccc5n(c34)c3nc4ccccc4n3c2c1. The summed E-state index contributed by atoms with van der Waals surface area (Å²) < 4.78 is 11.2. The van der Waals surface area contributed by atoms with Crippen molar-refractivity contribution in [3.63, 3.8) is 0 Å². The van der Waals surface area contributed by atoms with Crippen molar-refractivity contribution in [3.05, 3.63) is 83.3 Å². The number of hydrogen-bond donors (Lipinski definition) is 0. The Bertz CT molecular complexity index is 1840. The molecule has 5 heteroatoms. The zero-order chi connectivity index (χ0) is 20.7. The Morgan fingerprint density at radius 3 is 2.42 bits per heavy atom. The van der Waals surface area contributed by atoms with E-state index in [-0.39, 0.29) is 0 Å². The normalized spacial score (nSPS) is 12.2. The number of nitrogens with zero attached hydrogens (tertiary/aromatic N) is 3. The molecule has 7 rings (SSSR count). The lowest BCUT2D eigenvalue weighted by Gasteiger charge is -2.04. The molecule has 4 nitrogen and oxygen atoms in total. The molecule has 31 heavy (non-hydrogen) atoms. The van der Waals surface area contributed by atoms with Gasteiger partial charge in [0.2, 0.25) is 5.78 Å². The van der Waals surface area contributed by atoms with Crippen LogP contribution in [-0.2, 0) is 0 Å². The quantitative estimate of drug-likeness (QED) is 0.262. The van der Waals surface area contributed by atoms with Gasteiger partial charge in [0, 0.05) is 32.1 Å². The van der Waals surface area contributed by atoms with Gasteiger partial charge in [-0.1, -0.05) is 46.3 Å². The molecule has 0 amide bonds. The third kappa shape index (κ3) is 2.16. The van der Waals surface area contributed by atoms with Gasteiger partial charge in [0.15, 0.2) is 0 Å². The fourth-order valence-electron chi connectivity index (χ4n) is 4.92. The second kappa shape index (κ2) is 5.99. The van der Waals surface area contributed by atoms with Gasteiger partial charge in [-0.25, -0.2) is 4.98 Å². The van der Waals surface area contributed by atoms with Crippen LogP contribution in [0.1, 0.15) is 0 Å². The van der Waals surface area contributed by atoms with Crippen LogP contribution in [0.5, 0.6) is 5.75 Å². The van der Waals surface area contributed by atoms with Crippen LogP contribution in [0.25, 0.3) is 54.9 Å². The van der Waals surface area contributed by atoms with Crippen LogP contribution >= 0.6 is 15.9 Å². The molecule has 3 heterocycles. The van der Waals surface area contributed by atoms with Crippen LogP contribution in [0.2, 0.25) is 0 Å². The van der Waals surface area contributed by atoms with Gasteiger partial charge >= 0.3 is 0 Å². The molecule has 0 saturated carbocycles. The maximum atomic E-state index is 5.59. The first-order chi connectivity index (χ1) is 15.2. The number of fused-ring (bicyclic) bond motifs is 10. The molecule has 0 radical (unpaired) electrons. The summed E-state index contributed by atoms with van der Waals surface area (Å²) in [5.41, 5.74) is 5.44. The summed E-state index contributed by atoms with van der Waals surface area (Å²) >= 11 is 3.66. The van der Waals surface area contributed by atoms with Crippen molar-refractivity contribution in [2.75, 3.05) is 7.11 Å². The summed E-state index contributed by atoms with van der Waals surface area (Å²) in [6.45, 7) is 0. The molecule has 0 aliphatic carbocycles. The van der Waals surface area contributed by atoms with E-state index in [9.17, 15) is 0 Å². The summed E-state index contributed by atoms with van der Waals surface area (Å²) in [7, 11) is 1.71. The molecule has 4 aromatic carbocycles. The molecule has 0 unspecified atom stereocenters. The maximum absolute atomic E-state index is 5.59. The highest BCUT2D eigenvalue weighted by atomic mass is 79.9. The van der Waals surface area contributed by atoms with E-state index in [2.05, 4.69) is 91.5 Å². The van der Waals surface area contributed by atoms with E-state index in [0.717, 1.165) is 43.5 Å². The Morgan fingerprint density at radius 1 is 0.710 bits per heavy atom. The Balaban J connectivity index is 1.95. The van der Waals surface area contributed by atoms with Crippen molar-refractivity contribution < 1.29 is 4.74 Å². The number of hydrogen-bond acceptors (Lipinski definition) is 2. The zero-order valence-electron chi connectivity index (χ0n) is 16.6. The van der Waals surface area contributed by atoms with E-state index in [1.54, 1.807) is 7.11 Å². The van der Waals surface area contributed by atoms with E-state index in [1.165, 1.54) is 21.7 Å². The summed E-state index contributed by atoms with van der Waals surface area (Å²) in [5.74, 6) is 1.72. The molecule has 7 aromatic rings. The largest absolute Gasteiger partial charge is 0.497 e. The van der Waals surface area contributed by atoms with Gasteiger partial charge in [-0.3, -0.25) is 8.80 Å². The number of aromatic nitrogens is 3. The van der Waals surface area contributed by atoms with Crippen LogP contribution in [-0.4, -0.2) is 20.9 Å². The minimum atomic E-state index is 0.829. The van der Waals surface area contributed by atoms with Crippen molar-refractivity contribution in [2.24, 2.45) is 0 Å². The molecule has 0 spiro atoms. The molecule has 0 atom stereocenters. The molecule has 0 N–H and O–H groups in total. The lowest BCUT2D eigenvalue weighted by atomic mass is 10.1. The lowest BCUT2D eigenvalue weighted by molar-refractivity contribution is 0.415. The molecule has 0 saturated heterocycles. The fraction of sp³-hybridized carbons (Fsp3) is 0.0385. The monoisotopic (exact) mass is 465 g/mol. The smallest absolute Gasteiger partial charge is 0.220 e. The summed E-state index contributed by atoms with van der Waals surface area (Å²) in [5, 5.41) is 4.78. The van der Waals surface area contributed by atoms with E-state index < -0.39 is 0 Å². The van der Waals surface area contributed by atoms with E-state index in [0.29, 0.717) is 0 Å². The van der Waals surface area contributed by atoms with Crippen molar-refractivity contribution >= 4 is 70.8 Å². The molecule has 0 aliphatic rings. The van der Waals surface area contributed by atoms with Gasteiger partial charge in [-0.2, -0.15) is 0 Å². The summed E-state index contributed by atoms with van der Waals surface area (Å²) in [6, 6.07) is 27.6. The second-order valence-corrected chi connectivity index (χ2v) is 8.73. The summed E-state index contributed by atoms with van der Waals surface area (Å²) in [4.78, 5) is 5.11. The summed E-state index contributed by atoms with van der Waals surface area (Å²) in [6.07, 6.45) is 0. The Hall–Kier alpha value is -3.57. The number of halogens is 1. The fourth-order valence-corrected chi connectivity index (χ4v) is 5.28. The molecular formula is C26H16BrN3O. The van der Waals surface area contributed by atoms with Gasteiger partial charge in [-0.15, -0.1) is 0 Å². The number of ether oxygens (including phenoxy) is 1. The van der Waals surface area contributed by atoms with E-state index in [4.69, 9.17) is 9.72 Å². The molecule has 148 valence electrons. The number of benzene rings is 4. The third-order valence-electron chi connectivity index (χ3n) is 6.23.